The number of aliphatic carboxylic acids is 1. The second kappa shape index (κ2) is 17.8. The molecule has 3 heterocycles. The summed E-state index contributed by atoms with van der Waals surface area (Å²) in [5.74, 6) is -0.646. The number of piperidine rings is 2. The zero-order valence-electron chi connectivity index (χ0n) is 23.2. The molecule has 2 fully saturated rings. The number of carboxylic acid groups (broad SMARTS) is 1. The first-order valence-corrected chi connectivity index (χ1v) is 14.3. The van der Waals surface area contributed by atoms with Crippen molar-refractivity contribution in [1.29, 1.82) is 0 Å². The van der Waals surface area contributed by atoms with Crippen LogP contribution in [0.4, 0.5) is 4.39 Å². The highest BCUT2D eigenvalue weighted by atomic mass is 19.1. The van der Waals surface area contributed by atoms with Crippen molar-refractivity contribution in [3.8, 4) is 5.75 Å². The lowest BCUT2D eigenvalue weighted by molar-refractivity contribution is -0.138. The van der Waals surface area contributed by atoms with Gasteiger partial charge in [-0.2, -0.15) is 0 Å². The van der Waals surface area contributed by atoms with Crippen molar-refractivity contribution in [3.63, 3.8) is 0 Å². The van der Waals surface area contributed by atoms with Gasteiger partial charge in [0.05, 0.1) is 51.0 Å². The molecular weight excluding hydrogens is 523 g/mol. The fraction of sp³-hybridized carbons (Fsp3) is 0.714. The van der Waals surface area contributed by atoms with Crippen LogP contribution in [0.3, 0.4) is 0 Å². The topological polar surface area (TPSA) is 139 Å². The molecule has 2 aliphatic rings. The van der Waals surface area contributed by atoms with Gasteiger partial charge in [-0.3, -0.25) is 19.4 Å². The smallest absolute Gasteiger partial charge is 0.305 e. The van der Waals surface area contributed by atoms with E-state index in [4.69, 9.17) is 14.2 Å². The number of carbonyl (C=O) groups is 3. The van der Waals surface area contributed by atoms with E-state index in [2.05, 4.69) is 15.6 Å². The number of amides is 2. The minimum atomic E-state index is -1.06. The summed E-state index contributed by atoms with van der Waals surface area (Å²) < 4.78 is 28.0. The first-order valence-electron chi connectivity index (χ1n) is 14.3. The number of carboxylic acids is 1. The lowest BCUT2D eigenvalue weighted by Crippen LogP contribution is -2.46. The number of hydrogen-bond acceptors (Lipinski definition) is 8. The molecule has 2 amide bonds. The molecule has 40 heavy (non-hydrogen) atoms. The van der Waals surface area contributed by atoms with E-state index in [1.54, 1.807) is 11.0 Å². The monoisotopic (exact) mass is 566 g/mol. The number of carbonyl (C=O) groups excluding carboxylic acids is 2. The Morgan fingerprint density at radius 1 is 1.10 bits per heavy atom. The van der Waals surface area contributed by atoms with Crippen LogP contribution in [0, 0.1) is 11.8 Å². The summed E-state index contributed by atoms with van der Waals surface area (Å²) in [7, 11) is 0. The van der Waals surface area contributed by atoms with Crippen LogP contribution in [-0.4, -0.2) is 98.7 Å². The van der Waals surface area contributed by atoms with E-state index >= 15 is 0 Å². The summed E-state index contributed by atoms with van der Waals surface area (Å²) in [4.78, 5) is 43.6. The largest absolute Gasteiger partial charge is 0.490 e. The molecule has 2 atom stereocenters. The molecule has 224 valence electrons. The predicted octanol–water partition coefficient (Wildman–Crippen LogP) is 2.11. The van der Waals surface area contributed by atoms with Gasteiger partial charge in [0.25, 0.3) is 0 Å². The number of aromatic nitrogens is 1. The summed E-state index contributed by atoms with van der Waals surface area (Å²) in [5.41, 5.74) is 0.513. The SMILES string of the molecule is O=C(O)C[C@H](NC(=O)[C@@H]1CCCN(C(=O)CCC2CCNCC2)C1)c1cncc(OCCOCCOCCF)c1. The highest BCUT2D eigenvalue weighted by Gasteiger charge is 2.30. The maximum absolute atomic E-state index is 13.2. The third-order valence-corrected chi connectivity index (χ3v) is 7.29. The summed E-state index contributed by atoms with van der Waals surface area (Å²) in [6, 6.07) is 0.860. The molecule has 1 aromatic heterocycles. The van der Waals surface area contributed by atoms with Crippen LogP contribution in [0.2, 0.25) is 0 Å². The van der Waals surface area contributed by atoms with Crippen LogP contribution in [0.1, 0.15) is 56.6 Å². The number of alkyl halides is 1. The molecule has 0 aliphatic carbocycles. The molecule has 0 saturated carbocycles. The molecule has 0 aromatic carbocycles. The Hall–Kier alpha value is -2.83. The van der Waals surface area contributed by atoms with E-state index < -0.39 is 24.6 Å². The maximum atomic E-state index is 13.2. The Morgan fingerprint density at radius 2 is 1.85 bits per heavy atom. The number of nitrogens with zero attached hydrogens (tertiary/aromatic N) is 2. The molecule has 2 aliphatic heterocycles. The average molecular weight is 567 g/mol. The third kappa shape index (κ3) is 11.3. The lowest BCUT2D eigenvalue weighted by Gasteiger charge is -2.33. The van der Waals surface area contributed by atoms with Crippen molar-refractivity contribution < 1.29 is 38.1 Å². The Morgan fingerprint density at radius 3 is 2.60 bits per heavy atom. The summed E-state index contributed by atoms with van der Waals surface area (Å²) in [5, 5.41) is 15.7. The fourth-order valence-electron chi connectivity index (χ4n) is 5.09. The molecule has 3 rings (SSSR count). The molecule has 0 radical (unpaired) electrons. The minimum Gasteiger partial charge on any atom is -0.490 e. The number of halogens is 1. The Bertz CT molecular complexity index is 932. The number of pyridine rings is 1. The first kappa shape index (κ1) is 31.7. The van der Waals surface area contributed by atoms with Gasteiger partial charge in [-0.25, -0.2) is 4.39 Å². The van der Waals surface area contributed by atoms with Gasteiger partial charge in [-0.15, -0.1) is 0 Å². The second-order valence-electron chi connectivity index (χ2n) is 10.3. The van der Waals surface area contributed by atoms with Crippen LogP contribution in [0.25, 0.3) is 0 Å². The standard InChI is InChI=1S/C28H43FN4O7/c29-7-11-38-12-13-39-14-15-40-24-16-23(18-31-19-24)25(17-27(35)36)32-28(37)22-2-1-10-33(20-22)26(34)4-3-21-5-8-30-9-6-21/h16,18-19,21-22,25,30H,1-15,17,20H2,(H,32,37)(H,35,36)/t22-,25+/m1/s1. The lowest BCUT2D eigenvalue weighted by atomic mass is 9.92. The zero-order chi connectivity index (χ0) is 28.6. The summed E-state index contributed by atoms with van der Waals surface area (Å²) >= 11 is 0. The number of hydrogen-bond donors (Lipinski definition) is 3. The van der Waals surface area contributed by atoms with Crippen molar-refractivity contribution >= 4 is 17.8 Å². The van der Waals surface area contributed by atoms with Crippen LogP contribution in [-0.2, 0) is 23.9 Å². The molecule has 3 N–H and O–H groups in total. The van der Waals surface area contributed by atoms with Gasteiger partial charge in [0, 0.05) is 25.7 Å². The molecule has 0 bridgehead atoms. The van der Waals surface area contributed by atoms with E-state index in [0.29, 0.717) is 56.4 Å². The van der Waals surface area contributed by atoms with Crippen LogP contribution >= 0.6 is 0 Å². The van der Waals surface area contributed by atoms with Gasteiger partial charge in [0.2, 0.25) is 11.8 Å². The second-order valence-corrected chi connectivity index (χ2v) is 10.3. The Balaban J connectivity index is 1.49. The van der Waals surface area contributed by atoms with Crippen molar-refractivity contribution in [3.05, 3.63) is 24.0 Å². The average Bonchev–Trinajstić information content (AvgIpc) is 2.97. The molecule has 0 spiro atoms. The van der Waals surface area contributed by atoms with Crippen molar-refractivity contribution in [2.75, 3.05) is 65.9 Å². The van der Waals surface area contributed by atoms with Crippen molar-refractivity contribution in [1.82, 2.24) is 20.5 Å². The number of ether oxygens (including phenoxy) is 3. The highest BCUT2D eigenvalue weighted by Crippen LogP contribution is 2.25. The van der Waals surface area contributed by atoms with E-state index in [0.717, 1.165) is 38.8 Å². The Kier molecular flexibility index (Phi) is 14.1. The van der Waals surface area contributed by atoms with Gasteiger partial charge in [-0.05, 0) is 62.7 Å². The van der Waals surface area contributed by atoms with Gasteiger partial charge in [0.1, 0.15) is 19.0 Å². The van der Waals surface area contributed by atoms with E-state index in [-0.39, 0.29) is 38.1 Å². The minimum absolute atomic E-state index is 0.0438. The quantitative estimate of drug-likeness (QED) is 0.242. The summed E-state index contributed by atoms with van der Waals surface area (Å²) in [6.07, 6.45) is 7.63. The predicted molar refractivity (Wildman–Crippen MR) is 145 cm³/mol. The molecule has 0 unspecified atom stereocenters. The third-order valence-electron chi connectivity index (χ3n) is 7.29. The first-order chi connectivity index (χ1) is 19.5. The molecule has 1 aromatic rings. The van der Waals surface area contributed by atoms with Crippen LogP contribution < -0.4 is 15.4 Å². The normalized spacial score (nSPS) is 18.7. The van der Waals surface area contributed by atoms with E-state index in [1.807, 2.05) is 0 Å². The van der Waals surface area contributed by atoms with Crippen molar-refractivity contribution in [2.24, 2.45) is 11.8 Å². The van der Waals surface area contributed by atoms with Gasteiger partial charge < -0.3 is 34.9 Å². The van der Waals surface area contributed by atoms with Crippen LogP contribution in [0.15, 0.2) is 18.5 Å². The molecular formula is C28H43FN4O7. The summed E-state index contributed by atoms with van der Waals surface area (Å²) in [6.45, 7) is 3.62. The maximum Gasteiger partial charge on any atom is 0.305 e. The number of rotatable bonds is 17. The Labute approximate surface area is 235 Å². The molecule has 12 heteroatoms. The van der Waals surface area contributed by atoms with Crippen LogP contribution in [0.5, 0.6) is 5.75 Å². The van der Waals surface area contributed by atoms with Gasteiger partial charge in [-0.1, -0.05) is 0 Å². The molecule has 11 nitrogen and oxygen atoms in total. The molecule has 2 saturated heterocycles. The van der Waals surface area contributed by atoms with Gasteiger partial charge in [0.15, 0.2) is 0 Å². The number of likely N-dealkylation sites (tertiary alicyclic amines) is 1. The highest BCUT2D eigenvalue weighted by molar-refractivity contribution is 5.82. The fourth-order valence-corrected chi connectivity index (χ4v) is 5.09. The van der Waals surface area contributed by atoms with Gasteiger partial charge >= 0.3 is 5.97 Å². The van der Waals surface area contributed by atoms with E-state index in [9.17, 15) is 23.9 Å². The van der Waals surface area contributed by atoms with Crippen molar-refractivity contribution in [2.45, 2.75) is 51.0 Å². The van der Waals surface area contributed by atoms with E-state index in [1.165, 1.54) is 12.4 Å². The zero-order valence-corrected chi connectivity index (χ0v) is 23.2. The number of nitrogens with one attached hydrogen (secondary N) is 2.